The van der Waals surface area contributed by atoms with E-state index < -0.39 is 10.8 Å². The van der Waals surface area contributed by atoms with Crippen LogP contribution in [0, 0.1) is 17.8 Å². The predicted octanol–water partition coefficient (Wildman–Crippen LogP) is 4.87. The number of hydrogen-bond acceptors (Lipinski definition) is 6. The lowest BCUT2D eigenvalue weighted by Gasteiger charge is -2.36. The van der Waals surface area contributed by atoms with Crippen LogP contribution in [0.4, 0.5) is 0 Å². The van der Waals surface area contributed by atoms with Crippen molar-refractivity contribution in [1.29, 1.82) is 0 Å². The summed E-state index contributed by atoms with van der Waals surface area (Å²) in [5.74, 6) is 1.92. The van der Waals surface area contributed by atoms with Crippen molar-refractivity contribution in [3.63, 3.8) is 0 Å². The van der Waals surface area contributed by atoms with Gasteiger partial charge in [-0.05, 0) is 68.9 Å². The molecular formula is C30H41N3O4S. The highest BCUT2D eigenvalue weighted by Gasteiger charge is 2.36. The Hall–Kier alpha value is -1.87. The molecular weight excluding hydrogens is 498 g/mol. The number of ether oxygens (including phenoxy) is 2. The number of rotatable bonds is 6. The summed E-state index contributed by atoms with van der Waals surface area (Å²) in [4.78, 5) is 17.3. The summed E-state index contributed by atoms with van der Waals surface area (Å²) in [5.41, 5.74) is 3.46. The van der Waals surface area contributed by atoms with Gasteiger partial charge in [-0.25, -0.2) is 0 Å². The topological polar surface area (TPSA) is 73.7 Å². The molecule has 0 bridgehead atoms. The number of likely N-dealkylation sites (tertiary alicyclic amines) is 1. The maximum Gasteiger partial charge on any atom is 0.183 e. The number of benzene rings is 1. The van der Waals surface area contributed by atoms with Crippen molar-refractivity contribution < 1.29 is 18.5 Å². The lowest BCUT2D eigenvalue weighted by atomic mass is 9.84. The van der Waals surface area contributed by atoms with Gasteiger partial charge in [-0.3, -0.25) is 13.7 Å². The number of nitrogens with zero attached hydrogens (tertiary/aromatic N) is 3. The van der Waals surface area contributed by atoms with Crippen LogP contribution < -0.4 is 0 Å². The average molecular weight is 540 g/mol. The van der Waals surface area contributed by atoms with Crippen LogP contribution in [0.15, 0.2) is 29.2 Å². The molecule has 38 heavy (non-hydrogen) atoms. The normalized spacial score (nSPS) is 28.9. The minimum atomic E-state index is -1.17. The van der Waals surface area contributed by atoms with Gasteiger partial charge in [0.05, 0.1) is 28.3 Å². The van der Waals surface area contributed by atoms with E-state index in [2.05, 4.69) is 22.6 Å². The summed E-state index contributed by atoms with van der Waals surface area (Å²) in [5, 5.41) is 5.10. The van der Waals surface area contributed by atoms with Gasteiger partial charge in [-0.2, -0.15) is 5.10 Å². The van der Waals surface area contributed by atoms with Crippen molar-refractivity contribution in [2.75, 3.05) is 46.1 Å². The first kappa shape index (κ1) is 26.4. The Kier molecular flexibility index (Phi) is 8.12. The number of carbonyl (C=O) groups excluding carboxylic acids is 1. The summed E-state index contributed by atoms with van der Waals surface area (Å²) < 4.78 is 26.7. The number of carbonyl (C=O) groups is 1. The quantitative estimate of drug-likeness (QED) is 0.488. The summed E-state index contributed by atoms with van der Waals surface area (Å²) in [6.07, 6.45) is 6.85. The number of ketones is 1. The second-order valence-electron chi connectivity index (χ2n) is 11.8. The second kappa shape index (κ2) is 11.7. The maximum absolute atomic E-state index is 13.8. The molecule has 0 amide bonds. The van der Waals surface area contributed by atoms with Gasteiger partial charge in [0.1, 0.15) is 5.69 Å². The molecule has 1 aromatic carbocycles. The van der Waals surface area contributed by atoms with Crippen LogP contribution in [-0.4, -0.2) is 70.7 Å². The summed E-state index contributed by atoms with van der Waals surface area (Å²) in [7, 11) is -1.17. The second-order valence-corrected chi connectivity index (χ2v) is 13.2. The summed E-state index contributed by atoms with van der Waals surface area (Å²) in [6, 6.07) is 8.21. The van der Waals surface area contributed by atoms with Crippen LogP contribution in [0.1, 0.15) is 74.0 Å². The molecule has 0 saturated carbocycles. The van der Waals surface area contributed by atoms with Gasteiger partial charge in [-0.1, -0.05) is 25.1 Å². The lowest BCUT2D eigenvalue weighted by Crippen LogP contribution is -2.41. The van der Waals surface area contributed by atoms with Crippen molar-refractivity contribution in [2.24, 2.45) is 17.8 Å². The predicted molar refractivity (Wildman–Crippen MR) is 148 cm³/mol. The maximum atomic E-state index is 13.8. The van der Waals surface area contributed by atoms with Gasteiger partial charge in [0.2, 0.25) is 0 Å². The third kappa shape index (κ3) is 5.42. The molecule has 0 spiro atoms. The van der Waals surface area contributed by atoms with Gasteiger partial charge in [0, 0.05) is 62.0 Å². The van der Waals surface area contributed by atoms with Crippen LogP contribution in [0.2, 0.25) is 0 Å². The molecule has 7 nitrogen and oxygen atoms in total. The first-order valence-electron chi connectivity index (χ1n) is 14.6. The molecule has 4 aliphatic heterocycles. The largest absolute Gasteiger partial charge is 0.381 e. The molecule has 4 unspecified atom stereocenters. The standard InChI is InChI=1S/C30H41N3O4S/c1-21-8-13-36-16-11-23(21)17-27(34)29-26-20-38(35)28-7-3-2-6-25(28)30(26)33(31-29)24-5-4-12-32(19-24)18-22-9-14-37-15-10-22/h2-3,6-7,21-24H,4-5,8-20H2,1H3. The van der Waals surface area contributed by atoms with Crippen LogP contribution in [0.3, 0.4) is 0 Å². The van der Waals surface area contributed by atoms with Crippen molar-refractivity contribution in [1.82, 2.24) is 14.7 Å². The van der Waals surface area contributed by atoms with Gasteiger partial charge >= 0.3 is 0 Å². The zero-order valence-electron chi connectivity index (χ0n) is 22.6. The molecule has 0 radical (unpaired) electrons. The summed E-state index contributed by atoms with van der Waals surface area (Å²) in [6.45, 7) is 8.65. The molecule has 8 heteroatoms. The smallest absolute Gasteiger partial charge is 0.183 e. The molecule has 0 N–H and O–H groups in total. The SMILES string of the molecule is CC1CCOCCC1CC(=O)c1nn(C2CCCN(CC3CCOCC3)C2)c2c1CS(=O)c1ccccc1-2. The summed E-state index contributed by atoms with van der Waals surface area (Å²) >= 11 is 0. The molecule has 206 valence electrons. The first-order valence-corrected chi connectivity index (χ1v) is 15.9. The number of fused-ring (bicyclic) bond motifs is 3. The third-order valence-electron chi connectivity index (χ3n) is 9.22. The van der Waals surface area contributed by atoms with E-state index in [0.717, 1.165) is 106 Å². The van der Waals surface area contributed by atoms with Gasteiger partial charge < -0.3 is 14.4 Å². The zero-order chi connectivity index (χ0) is 26.1. The Morgan fingerprint density at radius 1 is 1.05 bits per heavy atom. The van der Waals surface area contributed by atoms with E-state index in [1.165, 1.54) is 0 Å². The van der Waals surface area contributed by atoms with E-state index in [4.69, 9.17) is 14.6 Å². The minimum Gasteiger partial charge on any atom is -0.381 e. The number of piperidine rings is 1. The van der Waals surface area contributed by atoms with Crippen LogP contribution in [0.5, 0.6) is 0 Å². The number of hydrogen-bond donors (Lipinski definition) is 0. The molecule has 6 rings (SSSR count). The van der Waals surface area contributed by atoms with Crippen molar-refractivity contribution in [3.05, 3.63) is 35.5 Å². The van der Waals surface area contributed by atoms with Gasteiger partial charge in [-0.15, -0.1) is 0 Å². The Morgan fingerprint density at radius 2 is 1.82 bits per heavy atom. The van der Waals surface area contributed by atoms with E-state index in [1.807, 2.05) is 18.2 Å². The Labute approximate surface area is 228 Å². The fraction of sp³-hybridized carbons (Fsp3) is 0.667. The highest BCUT2D eigenvalue weighted by molar-refractivity contribution is 7.84. The van der Waals surface area contributed by atoms with E-state index >= 15 is 0 Å². The van der Waals surface area contributed by atoms with Crippen LogP contribution in [-0.2, 0) is 26.0 Å². The number of Topliss-reactive ketones (excluding diaryl/α,β-unsaturated/α-hetero) is 1. The van der Waals surface area contributed by atoms with E-state index in [9.17, 15) is 9.00 Å². The van der Waals surface area contributed by atoms with Crippen LogP contribution in [0.25, 0.3) is 11.3 Å². The molecule has 0 aliphatic carbocycles. The molecule has 3 saturated heterocycles. The monoisotopic (exact) mass is 539 g/mol. The van der Waals surface area contributed by atoms with Crippen molar-refractivity contribution in [2.45, 2.75) is 68.6 Å². The van der Waals surface area contributed by atoms with E-state index in [-0.39, 0.29) is 11.8 Å². The van der Waals surface area contributed by atoms with Gasteiger partial charge in [0.25, 0.3) is 0 Å². The third-order valence-corrected chi connectivity index (χ3v) is 10.6. The first-order chi connectivity index (χ1) is 18.6. The fourth-order valence-corrected chi connectivity index (χ4v) is 8.24. The highest BCUT2D eigenvalue weighted by Crippen LogP contribution is 2.41. The van der Waals surface area contributed by atoms with Crippen molar-refractivity contribution in [3.8, 4) is 11.3 Å². The fourth-order valence-electron chi connectivity index (χ4n) is 6.90. The zero-order valence-corrected chi connectivity index (χ0v) is 23.4. The van der Waals surface area contributed by atoms with E-state index in [1.54, 1.807) is 0 Å². The molecule has 3 fully saturated rings. The highest BCUT2D eigenvalue weighted by atomic mass is 32.2. The van der Waals surface area contributed by atoms with Gasteiger partial charge in [0.15, 0.2) is 5.78 Å². The molecule has 2 aromatic rings. The lowest BCUT2D eigenvalue weighted by molar-refractivity contribution is 0.0453. The van der Waals surface area contributed by atoms with Crippen LogP contribution >= 0.6 is 0 Å². The Balaban J connectivity index is 1.32. The molecule has 4 aliphatic rings. The molecule has 5 heterocycles. The molecule has 4 atom stereocenters. The van der Waals surface area contributed by atoms with E-state index in [0.29, 0.717) is 35.6 Å². The Bertz CT molecular complexity index is 1170. The molecule has 1 aromatic heterocycles. The average Bonchev–Trinajstić information content (AvgIpc) is 3.21. The van der Waals surface area contributed by atoms with Crippen molar-refractivity contribution >= 4 is 16.6 Å². The Morgan fingerprint density at radius 3 is 2.66 bits per heavy atom. The minimum absolute atomic E-state index is 0.102. The number of aromatic nitrogens is 2.